The number of H-pyrrole nitrogens is 1. The summed E-state index contributed by atoms with van der Waals surface area (Å²) in [5, 5.41) is 2.91. The maximum atomic E-state index is 12.6. The van der Waals surface area contributed by atoms with Gasteiger partial charge >= 0.3 is 0 Å². The number of thiophene rings is 1. The van der Waals surface area contributed by atoms with Crippen molar-refractivity contribution >= 4 is 33.4 Å². The second-order valence-electron chi connectivity index (χ2n) is 6.59. The first-order valence-electron chi connectivity index (χ1n) is 8.94. The molecule has 0 saturated heterocycles. The minimum absolute atomic E-state index is 0.259. The molecule has 4 aromatic heterocycles. The van der Waals surface area contributed by atoms with E-state index in [-0.39, 0.29) is 11.1 Å². The van der Waals surface area contributed by atoms with Gasteiger partial charge in [-0.2, -0.15) is 0 Å². The predicted molar refractivity (Wildman–Crippen MR) is 108 cm³/mol. The standard InChI is InChI=1S/C21H17N3O3S/c25-21-20-19(16-7-1-2-8-17(16)27-20)22-18(23-21)13-24(11-14-5-3-9-26-14)12-15-6-4-10-28-15/h1-10H,11-13H2,(H,22,23,25). The summed E-state index contributed by atoms with van der Waals surface area (Å²) in [6.07, 6.45) is 1.67. The van der Waals surface area contributed by atoms with Gasteiger partial charge in [0.2, 0.25) is 5.58 Å². The highest BCUT2D eigenvalue weighted by molar-refractivity contribution is 7.09. The van der Waals surface area contributed by atoms with Crippen molar-refractivity contribution in [3.8, 4) is 0 Å². The number of rotatable bonds is 6. The predicted octanol–water partition coefficient (Wildman–Crippen LogP) is 4.53. The summed E-state index contributed by atoms with van der Waals surface area (Å²) in [4.78, 5) is 23.6. The molecule has 5 aromatic rings. The van der Waals surface area contributed by atoms with Gasteiger partial charge < -0.3 is 13.8 Å². The molecule has 0 unspecified atom stereocenters. The molecule has 0 spiro atoms. The Kier molecular flexibility index (Phi) is 4.31. The highest BCUT2D eigenvalue weighted by atomic mass is 32.1. The zero-order valence-electron chi connectivity index (χ0n) is 14.9. The van der Waals surface area contributed by atoms with Crippen molar-refractivity contribution in [1.82, 2.24) is 14.9 Å². The molecule has 0 fully saturated rings. The molecule has 0 radical (unpaired) electrons. The van der Waals surface area contributed by atoms with E-state index < -0.39 is 0 Å². The van der Waals surface area contributed by atoms with Crippen molar-refractivity contribution in [2.24, 2.45) is 0 Å². The summed E-state index contributed by atoms with van der Waals surface area (Å²) in [7, 11) is 0. The Morgan fingerprint density at radius 3 is 2.79 bits per heavy atom. The molecular weight excluding hydrogens is 374 g/mol. The number of aromatic nitrogens is 2. The van der Waals surface area contributed by atoms with E-state index in [2.05, 4.69) is 21.3 Å². The van der Waals surface area contributed by atoms with Crippen molar-refractivity contribution < 1.29 is 8.83 Å². The maximum Gasteiger partial charge on any atom is 0.294 e. The lowest BCUT2D eigenvalue weighted by atomic mass is 10.2. The molecule has 0 aliphatic carbocycles. The lowest BCUT2D eigenvalue weighted by Crippen LogP contribution is -2.24. The van der Waals surface area contributed by atoms with E-state index in [0.717, 1.165) is 17.7 Å². The average molecular weight is 391 g/mol. The van der Waals surface area contributed by atoms with Gasteiger partial charge in [-0.15, -0.1) is 11.3 Å². The number of aromatic amines is 1. The van der Waals surface area contributed by atoms with Gasteiger partial charge in [0.05, 0.1) is 19.4 Å². The van der Waals surface area contributed by atoms with Crippen molar-refractivity contribution in [3.63, 3.8) is 0 Å². The second kappa shape index (κ2) is 7.10. The molecule has 5 rings (SSSR count). The van der Waals surface area contributed by atoms with Crippen LogP contribution in [0, 0.1) is 0 Å². The number of para-hydroxylation sites is 1. The molecule has 0 saturated carbocycles. The first-order valence-corrected chi connectivity index (χ1v) is 9.82. The Hall–Kier alpha value is -3.16. The van der Waals surface area contributed by atoms with Crippen LogP contribution in [0.2, 0.25) is 0 Å². The molecule has 0 atom stereocenters. The average Bonchev–Trinajstić information content (AvgIpc) is 3.43. The summed E-state index contributed by atoms with van der Waals surface area (Å²) in [6.45, 7) is 1.86. The molecule has 0 amide bonds. The second-order valence-corrected chi connectivity index (χ2v) is 7.62. The van der Waals surface area contributed by atoms with Crippen molar-refractivity contribution in [2.45, 2.75) is 19.6 Å². The summed E-state index contributed by atoms with van der Waals surface area (Å²) in [6, 6.07) is 15.5. The number of nitrogens with zero attached hydrogens (tertiary/aromatic N) is 2. The number of nitrogens with one attached hydrogen (secondary N) is 1. The zero-order chi connectivity index (χ0) is 18.9. The summed E-state index contributed by atoms with van der Waals surface area (Å²) in [5.41, 5.74) is 1.27. The van der Waals surface area contributed by atoms with E-state index in [9.17, 15) is 4.79 Å². The van der Waals surface area contributed by atoms with Crippen LogP contribution in [-0.4, -0.2) is 14.9 Å². The zero-order valence-corrected chi connectivity index (χ0v) is 15.7. The van der Waals surface area contributed by atoms with E-state index in [1.165, 1.54) is 4.88 Å². The Bertz CT molecular complexity index is 1230. The molecule has 4 heterocycles. The molecule has 1 aromatic carbocycles. The van der Waals surface area contributed by atoms with E-state index in [1.54, 1.807) is 17.6 Å². The van der Waals surface area contributed by atoms with Crippen LogP contribution in [0.5, 0.6) is 0 Å². The summed E-state index contributed by atoms with van der Waals surface area (Å²) < 4.78 is 11.2. The molecule has 0 bridgehead atoms. The molecule has 7 heteroatoms. The van der Waals surface area contributed by atoms with Crippen LogP contribution in [0.1, 0.15) is 16.5 Å². The quantitative estimate of drug-likeness (QED) is 0.460. The van der Waals surface area contributed by atoms with Gasteiger partial charge in [0.1, 0.15) is 22.7 Å². The van der Waals surface area contributed by atoms with E-state index in [0.29, 0.717) is 30.0 Å². The molecule has 140 valence electrons. The first kappa shape index (κ1) is 17.0. The van der Waals surface area contributed by atoms with Crippen molar-refractivity contribution in [2.75, 3.05) is 0 Å². The fourth-order valence-corrected chi connectivity index (χ4v) is 4.09. The van der Waals surface area contributed by atoms with E-state index >= 15 is 0 Å². The van der Waals surface area contributed by atoms with Crippen LogP contribution in [0.3, 0.4) is 0 Å². The summed E-state index contributed by atoms with van der Waals surface area (Å²) >= 11 is 1.70. The van der Waals surface area contributed by atoms with Crippen LogP contribution in [0.4, 0.5) is 0 Å². The fraction of sp³-hybridized carbons (Fsp3) is 0.143. The Labute approximate surface area is 164 Å². The largest absolute Gasteiger partial charge is 0.468 e. The number of hydrogen-bond acceptors (Lipinski definition) is 6. The maximum absolute atomic E-state index is 12.6. The van der Waals surface area contributed by atoms with Crippen LogP contribution in [-0.2, 0) is 19.6 Å². The Morgan fingerprint density at radius 2 is 1.96 bits per heavy atom. The lowest BCUT2D eigenvalue weighted by Gasteiger charge is -2.19. The van der Waals surface area contributed by atoms with Crippen LogP contribution in [0.15, 0.2) is 73.8 Å². The molecule has 0 aliphatic rings. The van der Waals surface area contributed by atoms with Crippen LogP contribution < -0.4 is 5.56 Å². The van der Waals surface area contributed by atoms with Gasteiger partial charge in [0.15, 0.2) is 0 Å². The van der Waals surface area contributed by atoms with E-state index in [4.69, 9.17) is 13.8 Å². The smallest absolute Gasteiger partial charge is 0.294 e. The van der Waals surface area contributed by atoms with Gasteiger partial charge in [0, 0.05) is 16.8 Å². The summed E-state index contributed by atoms with van der Waals surface area (Å²) in [5.74, 6) is 1.47. The van der Waals surface area contributed by atoms with Gasteiger partial charge in [-0.3, -0.25) is 9.69 Å². The van der Waals surface area contributed by atoms with Gasteiger partial charge in [-0.05, 0) is 35.7 Å². The third-order valence-electron chi connectivity index (χ3n) is 4.57. The molecule has 0 aliphatic heterocycles. The topological polar surface area (TPSA) is 75.3 Å². The number of furan rings is 2. The molecular formula is C21H17N3O3S. The Balaban J connectivity index is 1.51. The third kappa shape index (κ3) is 3.26. The van der Waals surface area contributed by atoms with Crippen molar-refractivity contribution in [3.05, 3.63) is 87.0 Å². The monoisotopic (exact) mass is 391 g/mol. The fourth-order valence-electron chi connectivity index (χ4n) is 3.35. The SMILES string of the molecule is O=c1[nH]c(CN(Cc2ccco2)Cc2cccs2)nc2c1oc1ccccc12. The minimum Gasteiger partial charge on any atom is -0.468 e. The molecule has 1 N–H and O–H groups in total. The van der Waals surface area contributed by atoms with Gasteiger partial charge in [-0.1, -0.05) is 18.2 Å². The van der Waals surface area contributed by atoms with Gasteiger partial charge in [0.25, 0.3) is 5.56 Å². The lowest BCUT2D eigenvalue weighted by molar-refractivity contribution is 0.223. The number of hydrogen-bond donors (Lipinski definition) is 1. The van der Waals surface area contributed by atoms with Gasteiger partial charge in [-0.25, -0.2) is 4.98 Å². The highest BCUT2D eigenvalue weighted by Gasteiger charge is 2.16. The third-order valence-corrected chi connectivity index (χ3v) is 5.43. The first-order chi connectivity index (χ1) is 13.8. The van der Waals surface area contributed by atoms with Crippen LogP contribution in [0.25, 0.3) is 22.1 Å². The molecule has 6 nitrogen and oxygen atoms in total. The number of benzene rings is 1. The molecule has 28 heavy (non-hydrogen) atoms. The normalized spacial score (nSPS) is 11.8. The number of fused-ring (bicyclic) bond motifs is 3. The highest BCUT2D eigenvalue weighted by Crippen LogP contribution is 2.25. The Morgan fingerprint density at radius 1 is 1.04 bits per heavy atom. The van der Waals surface area contributed by atoms with E-state index in [1.807, 2.05) is 42.5 Å². The van der Waals surface area contributed by atoms with Crippen molar-refractivity contribution in [1.29, 1.82) is 0 Å². The minimum atomic E-state index is -0.259. The van der Waals surface area contributed by atoms with Crippen LogP contribution >= 0.6 is 11.3 Å².